The number of carbonyl (C=O) groups is 2. The molecule has 0 saturated carbocycles. The topological polar surface area (TPSA) is 55.4 Å². The molecule has 0 unspecified atom stereocenters. The smallest absolute Gasteiger partial charge is 0.307 e. The van der Waals surface area contributed by atoms with Gasteiger partial charge in [0.15, 0.2) is 0 Å². The standard InChI is InChI=1S/C16H21NO3/c1-2-20-15(18)9-10-17-16(19)14-8-7-12-5-3-4-6-13(12)11-14/h7-8,11H,2-6,9-10H2,1H3,(H,17,19). The number of fused-ring (bicyclic) bond motifs is 1. The van der Waals surface area contributed by atoms with Gasteiger partial charge >= 0.3 is 5.97 Å². The zero-order valence-electron chi connectivity index (χ0n) is 11.9. The number of rotatable bonds is 5. The summed E-state index contributed by atoms with van der Waals surface area (Å²) in [5, 5.41) is 2.76. The van der Waals surface area contributed by atoms with E-state index in [-0.39, 0.29) is 18.3 Å². The van der Waals surface area contributed by atoms with Crippen molar-refractivity contribution in [1.29, 1.82) is 0 Å². The Morgan fingerprint density at radius 3 is 2.70 bits per heavy atom. The molecule has 4 nitrogen and oxygen atoms in total. The van der Waals surface area contributed by atoms with Crippen molar-refractivity contribution in [2.75, 3.05) is 13.2 Å². The van der Waals surface area contributed by atoms with Crippen LogP contribution in [0, 0.1) is 0 Å². The molecule has 1 aliphatic carbocycles. The van der Waals surface area contributed by atoms with Gasteiger partial charge in [0.1, 0.15) is 0 Å². The quantitative estimate of drug-likeness (QED) is 0.839. The summed E-state index contributed by atoms with van der Waals surface area (Å²) in [5.74, 6) is -0.402. The number of amides is 1. The van der Waals surface area contributed by atoms with Gasteiger partial charge in [-0.15, -0.1) is 0 Å². The molecule has 0 aliphatic heterocycles. The maximum Gasteiger partial charge on any atom is 0.307 e. The third-order valence-corrected chi connectivity index (χ3v) is 3.53. The highest BCUT2D eigenvalue weighted by atomic mass is 16.5. The third kappa shape index (κ3) is 3.83. The molecule has 0 fully saturated rings. The molecular formula is C16H21NO3. The highest BCUT2D eigenvalue weighted by Gasteiger charge is 2.13. The summed E-state index contributed by atoms with van der Waals surface area (Å²) < 4.78 is 4.81. The second-order valence-electron chi connectivity index (χ2n) is 5.00. The predicted octanol–water partition coefficient (Wildman–Crippen LogP) is 2.25. The average Bonchev–Trinajstić information content (AvgIpc) is 2.47. The minimum atomic E-state index is -0.279. The highest BCUT2D eigenvalue weighted by molar-refractivity contribution is 5.94. The number of ether oxygens (including phenoxy) is 1. The van der Waals surface area contributed by atoms with E-state index in [0.717, 1.165) is 12.8 Å². The van der Waals surface area contributed by atoms with E-state index < -0.39 is 0 Å². The Morgan fingerprint density at radius 2 is 1.95 bits per heavy atom. The van der Waals surface area contributed by atoms with Crippen LogP contribution in [0.1, 0.15) is 47.7 Å². The molecule has 0 heterocycles. The van der Waals surface area contributed by atoms with Gasteiger partial charge in [-0.05, 0) is 55.9 Å². The molecule has 0 atom stereocenters. The van der Waals surface area contributed by atoms with Crippen LogP contribution in [0.2, 0.25) is 0 Å². The molecule has 0 bridgehead atoms. The van der Waals surface area contributed by atoms with E-state index >= 15 is 0 Å². The minimum absolute atomic E-state index is 0.123. The predicted molar refractivity (Wildman–Crippen MR) is 76.7 cm³/mol. The second-order valence-corrected chi connectivity index (χ2v) is 5.00. The Morgan fingerprint density at radius 1 is 1.20 bits per heavy atom. The lowest BCUT2D eigenvalue weighted by atomic mass is 9.90. The van der Waals surface area contributed by atoms with Gasteiger partial charge < -0.3 is 10.1 Å². The SMILES string of the molecule is CCOC(=O)CCNC(=O)c1ccc2c(c1)CCCC2. The lowest BCUT2D eigenvalue weighted by molar-refractivity contribution is -0.142. The lowest BCUT2D eigenvalue weighted by Crippen LogP contribution is -2.26. The second kappa shape index (κ2) is 7.08. The normalized spacial score (nSPS) is 13.4. The maximum absolute atomic E-state index is 12.0. The van der Waals surface area contributed by atoms with Gasteiger partial charge in [-0.25, -0.2) is 0 Å². The summed E-state index contributed by atoms with van der Waals surface area (Å²) in [6.07, 6.45) is 4.81. The van der Waals surface area contributed by atoms with Crippen molar-refractivity contribution in [2.24, 2.45) is 0 Å². The van der Waals surface area contributed by atoms with Crippen molar-refractivity contribution in [3.05, 3.63) is 34.9 Å². The van der Waals surface area contributed by atoms with Crippen molar-refractivity contribution in [1.82, 2.24) is 5.32 Å². The molecule has 1 aromatic carbocycles. The van der Waals surface area contributed by atoms with E-state index in [4.69, 9.17) is 4.74 Å². The molecule has 1 amide bonds. The molecule has 4 heteroatoms. The van der Waals surface area contributed by atoms with E-state index in [1.54, 1.807) is 6.92 Å². The summed E-state index contributed by atoms with van der Waals surface area (Å²) >= 11 is 0. The number of hydrogen-bond donors (Lipinski definition) is 1. The first kappa shape index (κ1) is 14.6. The van der Waals surface area contributed by atoms with E-state index in [1.807, 2.05) is 12.1 Å². The van der Waals surface area contributed by atoms with Crippen molar-refractivity contribution in [3.8, 4) is 0 Å². The summed E-state index contributed by atoms with van der Waals surface area (Å²) in [6, 6.07) is 5.90. The fourth-order valence-electron chi connectivity index (χ4n) is 2.49. The van der Waals surface area contributed by atoms with Crippen LogP contribution in [0.25, 0.3) is 0 Å². The molecule has 2 rings (SSSR count). The van der Waals surface area contributed by atoms with Crippen molar-refractivity contribution < 1.29 is 14.3 Å². The van der Waals surface area contributed by atoms with Gasteiger partial charge in [0.05, 0.1) is 13.0 Å². The van der Waals surface area contributed by atoms with E-state index in [1.165, 1.54) is 24.0 Å². The summed E-state index contributed by atoms with van der Waals surface area (Å²) in [4.78, 5) is 23.2. The highest BCUT2D eigenvalue weighted by Crippen LogP contribution is 2.22. The monoisotopic (exact) mass is 275 g/mol. The van der Waals surface area contributed by atoms with Gasteiger partial charge in [0.2, 0.25) is 0 Å². The molecule has 108 valence electrons. The summed E-state index contributed by atoms with van der Waals surface area (Å²) in [5.41, 5.74) is 3.32. The van der Waals surface area contributed by atoms with Crippen LogP contribution in [-0.4, -0.2) is 25.0 Å². The first-order valence-corrected chi connectivity index (χ1v) is 7.26. The molecule has 1 N–H and O–H groups in total. The largest absolute Gasteiger partial charge is 0.466 e. The Labute approximate surface area is 119 Å². The van der Waals surface area contributed by atoms with E-state index in [2.05, 4.69) is 11.4 Å². The molecule has 1 aromatic rings. The first-order chi connectivity index (χ1) is 9.70. The van der Waals surface area contributed by atoms with Crippen molar-refractivity contribution >= 4 is 11.9 Å². The summed E-state index contributed by atoms with van der Waals surface area (Å²) in [6.45, 7) is 2.45. The van der Waals surface area contributed by atoms with Gasteiger partial charge in [-0.3, -0.25) is 9.59 Å². The van der Waals surface area contributed by atoms with Crippen LogP contribution in [0.4, 0.5) is 0 Å². The number of esters is 1. The van der Waals surface area contributed by atoms with Crippen molar-refractivity contribution in [3.63, 3.8) is 0 Å². The fourth-order valence-corrected chi connectivity index (χ4v) is 2.49. The van der Waals surface area contributed by atoms with Crippen molar-refractivity contribution in [2.45, 2.75) is 39.0 Å². The molecule has 0 aromatic heterocycles. The molecule has 0 saturated heterocycles. The van der Waals surface area contributed by atoms with Gasteiger partial charge in [-0.1, -0.05) is 6.07 Å². The zero-order chi connectivity index (χ0) is 14.4. The molecular weight excluding hydrogens is 254 g/mol. The number of carbonyl (C=O) groups excluding carboxylic acids is 2. The van der Waals surface area contributed by atoms with Gasteiger partial charge in [-0.2, -0.15) is 0 Å². The Hall–Kier alpha value is -1.84. The van der Waals surface area contributed by atoms with Gasteiger partial charge in [0, 0.05) is 12.1 Å². The van der Waals surface area contributed by atoms with Crippen LogP contribution >= 0.6 is 0 Å². The van der Waals surface area contributed by atoms with E-state index in [0.29, 0.717) is 18.7 Å². The third-order valence-electron chi connectivity index (χ3n) is 3.53. The number of aryl methyl sites for hydroxylation is 2. The number of nitrogens with one attached hydrogen (secondary N) is 1. The number of hydrogen-bond acceptors (Lipinski definition) is 3. The van der Waals surface area contributed by atoms with Crippen LogP contribution in [0.5, 0.6) is 0 Å². The van der Waals surface area contributed by atoms with Crippen LogP contribution in [0.15, 0.2) is 18.2 Å². The molecule has 0 spiro atoms. The van der Waals surface area contributed by atoms with Crippen LogP contribution in [0.3, 0.4) is 0 Å². The average molecular weight is 275 g/mol. The first-order valence-electron chi connectivity index (χ1n) is 7.26. The van der Waals surface area contributed by atoms with E-state index in [9.17, 15) is 9.59 Å². The van der Waals surface area contributed by atoms with Crippen LogP contribution in [-0.2, 0) is 22.4 Å². The van der Waals surface area contributed by atoms with Crippen LogP contribution < -0.4 is 5.32 Å². The Bertz CT molecular complexity index is 496. The lowest BCUT2D eigenvalue weighted by Gasteiger charge is -2.16. The maximum atomic E-state index is 12.0. The molecule has 1 aliphatic rings. The van der Waals surface area contributed by atoms with Gasteiger partial charge in [0.25, 0.3) is 5.91 Å². The minimum Gasteiger partial charge on any atom is -0.466 e. The Kier molecular flexibility index (Phi) is 5.16. The zero-order valence-corrected chi connectivity index (χ0v) is 11.9. The Balaban J connectivity index is 1.88. The summed E-state index contributed by atoms with van der Waals surface area (Å²) in [7, 11) is 0. The molecule has 20 heavy (non-hydrogen) atoms. The fraction of sp³-hybridized carbons (Fsp3) is 0.500. The number of benzene rings is 1. The molecule has 0 radical (unpaired) electrons.